The predicted octanol–water partition coefficient (Wildman–Crippen LogP) is 7.31. The van der Waals surface area contributed by atoms with Crippen LogP contribution in [-0.2, 0) is 20.9 Å². The van der Waals surface area contributed by atoms with Gasteiger partial charge in [-0.15, -0.1) is 0 Å². The van der Waals surface area contributed by atoms with Gasteiger partial charge in [-0.3, -0.25) is 9.79 Å². The number of esters is 1. The molecule has 0 heterocycles. The fourth-order valence-corrected chi connectivity index (χ4v) is 4.86. The van der Waals surface area contributed by atoms with E-state index >= 15 is 0 Å². The summed E-state index contributed by atoms with van der Waals surface area (Å²) < 4.78 is 5.47. The van der Waals surface area contributed by atoms with Crippen LogP contribution in [0.15, 0.2) is 35.3 Å². The van der Waals surface area contributed by atoms with Gasteiger partial charge >= 0.3 is 5.97 Å². The number of unbranched alkanes of at least 4 members (excludes halogenated alkanes) is 16. The second-order valence-electron chi connectivity index (χ2n) is 11.1. The molecule has 7 nitrogen and oxygen atoms in total. The molecule has 1 aromatic rings. The summed E-state index contributed by atoms with van der Waals surface area (Å²) in [5, 5.41) is 2.87. The van der Waals surface area contributed by atoms with Crippen molar-refractivity contribution in [1.29, 1.82) is 0 Å². The van der Waals surface area contributed by atoms with Crippen molar-refractivity contribution in [2.45, 2.75) is 148 Å². The van der Waals surface area contributed by atoms with Crippen LogP contribution in [0.1, 0.15) is 141 Å². The summed E-state index contributed by atoms with van der Waals surface area (Å²) in [6.07, 6.45) is 23.6. The molecule has 0 aliphatic heterocycles. The van der Waals surface area contributed by atoms with E-state index in [0.717, 1.165) is 24.8 Å². The fourth-order valence-electron chi connectivity index (χ4n) is 4.86. The average molecular weight is 559 g/mol. The Balaban J connectivity index is 2.11. The fraction of sp³-hybridized carbons (Fsp3) is 0.727. The van der Waals surface area contributed by atoms with Gasteiger partial charge in [0.2, 0.25) is 5.91 Å². The Hall–Kier alpha value is -2.57. The maximum absolute atomic E-state index is 12.7. The smallest absolute Gasteiger partial charge is 0.328 e. The number of rotatable bonds is 26. The Morgan fingerprint density at radius 1 is 0.750 bits per heavy atom. The van der Waals surface area contributed by atoms with E-state index in [-0.39, 0.29) is 18.5 Å². The first-order valence-electron chi connectivity index (χ1n) is 16.1. The van der Waals surface area contributed by atoms with Crippen molar-refractivity contribution >= 4 is 17.8 Å². The largest absolute Gasteiger partial charge is 0.459 e. The maximum Gasteiger partial charge on any atom is 0.328 e. The molecule has 0 saturated heterocycles. The van der Waals surface area contributed by atoms with Crippen LogP contribution < -0.4 is 16.8 Å². The number of hydrogen-bond acceptors (Lipinski definition) is 4. The van der Waals surface area contributed by atoms with Crippen molar-refractivity contribution < 1.29 is 14.3 Å². The molecule has 0 aromatic heterocycles. The Kier molecular flexibility index (Phi) is 22.5. The summed E-state index contributed by atoms with van der Waals surface area (Å²) in [5.41, 5.74) is 11.7. The highest BCUT2D eigenvalue weighted by molar-refractivity contribution is 5.84. The highest BCUT2D eigenvalue weighted by Gasteiger charge is 2.22. The second kappa shape index (κ2) is 25.4. The van der Waals surface area contributed by atoms with Crippen LogP contribution in [0.4, 0.5) is 0 Å². The maximum atomic E-state index is 12.7. The number of nitrogens with zero attached hydrogens (tertiary/aromatic N) is 1. The first-order valence-corrected chi connectivity index (χ1v) is 16.1. The number of nitrogens with two attached hydrogens (primary N) is 2. The van der Waals surface area contributed by atoms with Crippen LogP contribution in [0.25, 0.3) is 0 Å². The van der Waals surface area contributed by atoms with Crippen LogP contribution in [0.3, 0.4) is 0 Å². The molecule has 0 aliphatic carbocycles. The van der Waals surface area contributed by atoms with Crippen molar-refractivity contribution in [1.82, 2.24) is 5.32 Å². The number of nitrogens with one attached hydrogen (secondary N) is 1. The van der Waals surface area contributed by atoms with E-state index in [1.54, 1.807) is 0 Å². The minimum atomic E-state index is -0.698. The van der Waals surface area contributed by atoms with E-state index in [1.165, 1.54) is 89.9 Å². The Morgan fingerprint density at radius 3 is 1.75 bits per heavy atom. The van der Waals surface area contributed by atoms with Crippen LogP contribution in [0.5, 0.6) is 0 Å². The van der Waals surface area contributed by atoms with Gasteiger partial charge < -0.3 is 21.5 Å². The summed E-state index contributed by atoms with van der Waals surface area (Å²) in [6, 6.07) is 8.82. The number of ether oxygens (including phenoxy) is 1. The van der Waals surface area contributed by atoms with E-state index in [0.29, 0.717) is 25.8 Å². The van der Waals surface area contributed by atoms with Gasteiger partial charge in [0, 0.05) is 13.0 Å². The van der Waals surface area contributed by atoms with Gasteiger partial charge in [0.15, 0.2) is 5.96 Å². The molecule has 40 heavy (non-hydrogen) atoms. The molecule has 0 fully saturated rings. The van der Waals surface area contributed by atoms with E-state index < -0.39 is 12.0 Å². The monoisotopic (exact) mass is 558 g/mol. The third-order valence-corrected chi connectivity index (χ3v) is 7.30. The van der Waals surface area contributed by atoms with Crippen LogP contribution in [0.2, 0.25) is 0 Å². The molecule has 0 unspecified atom stereocenters. The molecular formula is C33H58N4O3. The lowest BCUT2D eigenvalue weighted by Crippen LogP contribution is -2.41. The zero-order valence-electron chi connectivity index (χ0n) is 25.3. The van der Waals surface area contributed by atoms with Gasteiger partial charge in [-0.25, -0.2) is 4.79 Å². The minimum absolute atomic E-state index is 0.0195. The first-order chi connectivity index (χ1) is 19.5. The second-order valence-corrected chi connectivity index (χ2v) is 11.1. The zero-order valence-corrected chi connectivity index (χ0v) is 25.3. The van der Waals surface area contributed by atoms with E-state index in [2.05, 4.69) is 17.2 Å². The standard InChI is InChI=1S/C33H58N4O3/c1-2-3-4-5-6-7-8-9-10-11-12-13-14-15-16-17-21-26-31(38)37-30(25-22-27-36-33(34)35)32(39)40-28-29-23-19-18-20-24-29/h18-20,23-24,30H,2-17,21-22,25-28H2,1H3,(H,37,38)(H4,34,35,36)/t30-/m0/s1. The van der Waals surface area contributed by atoms with Gasteiger partial charge in [-0.1, -0.05) is 140 Å². The van der Waals surface area contributed by atoms with Crippen LogP contribution in [-0.4, -0.2) is 30.4 Å². The number of guanidine groups is 1. The van der Waals surface area contributed by atoms with Gasteiger partial charge in [0.25, 0.3) is 0 Å². The molecule has 1 amide bonds. The number of carbonyl (C=O) groups is 2. The summed E-state index contributed by atoms with van der Waals surface area (Å²) in [7, 11) is 0. The van der Waals surface area contributed by atoms with E-state index in [1.807, 2.05) is 30.3 Å². The quantitative estimate of drug-likeness (QED) is 0.0476. The van der Waals surface area contributed by atoms with Crippen LogP contribution in [0, 0.1) is 0 Å². The minimum Gasteiger partial charge on any atom is -0.459 e. The van der Waals surface area contributed by atoms with Crippen molar-refractivity contribution in [3.8, 4) is 0 Å². The van der Waals surface area contributed by atoms with Crippen LogP contribution >= 0.6 is 0 Å². The molecule has 0 bridgehead atoms. The van der Waals surface area contributed by atoms with Crippen molar-refractivity contribution in [3.05, 3.63) is 35.9 Å². The Morgan fingerprint density at radius 2 is 1.25 bits per heavy atom. The lowest BCUT2D eigenvalue weighted by atomic mass is 10.0. The SMILES string of the molecule is CCCCCCCCCCCCCCCCCCCC(=O)N[C@@H](CCCN=C(N)N)C(=O)OCc1ccccc1. The highest BCUT2D eigenvalue weighted by atomic mass is 16.5. The molecule has 0 radical (unpaired) electrons. The molecule has 5 N–H and O–H groups in total. The summed E-state index contributed by atoms with van der Waals surface area (Å²) in [4.78, 5) is 29.2. The van der Waals surface area contributed by atoms with Gasteiger partial charge in [-0.05, 0) is 24.8 Å². The highest BCUT2D eigenvalue weighted by Crippen LogP contribution is 2.14. The molecule has 0 saturated carbocycles. The molecular weight excluding hydrogens is 500 g/mol. The van der Waals surface area contributed by atoms with E-state index in [4.69, 9.17) is 16.2 Å². The summed E-state index contributed by atoms with van der Waals surface area (Å²) >= 11 is 0. The number of aliphatic imine (C=N–C) groups is 1. The number of carbonyl (C=O) groups excluding carboxylic acids is 2. The van der Waals surface area contributed by atoms with E-state index in [9.17, 15) is 9.59 Å². The number of amides is 1. The van der Waals surface area contributed by atoms with Gasteiger partial charge in [-0.2, -0.15) is 0 Å². The zero-order chi connectivity index (χ0) is 29.1. The first kappa shape index (κ1) is 35.5. The molecule has 7 heteroatoms. The lowest BCUT2D eigenvalue weighted by Gasteiger charge is -2.17. The average Bonchev–Trinajstić information content (AvgIpc) is 2.95. The number of hydrogen-bond donors (Lipinski definition) is 3. The molecule has 0 spiro atoms. The molecule has 0 aliphatic rings. The lowest BCUT2D eigenvalue weighted by molar-refractivity contribution is -0.149. The summed E-state index contributed by atoms with van der Waals surface area (Å²) in [5.74, 6) is -0.514. The number of benzene rings is 1. The Labute approximate surface area is 244 Å². The van der Waals surface area contributed by atoms with Crippen molar-refractivity contribution in [3.63, 3.8) is 0 Å². The topological polar surface area (TPSA) is 120 Å². The van der Waals surface area contributed by atoms with Gasteiger partial charge in [0.1, 0.15) is 12.6 Å². The third kappa shape index (κ3) is 21.3. The van der Waals surface area contributed by atoms with Gasteiger partial charge in [0.05, 0.1) is 0 Å². The van der Waals surface area contributed by atoms with Crippen molar-refractivity contribution in [2.75, 3.05) is 6.54 Å². The Bertz CT molecular complexity index is 781. The third-order valence-electron chi connectivity index (χ3n) is 7.30. The normalized spacial score (nSPS) is 11.6. The summed E-state index contributed by atoms with van der Waals surface area (Å²) in [6.45, 7) is 2.86. The molecule has 1 atom stereocenters. The van der Waals surface area contributed by atoms with Crippen molar-refractivity contribution in [2.24, 2.45) is 16.5 Å². The molecule has 1 aromatic carbocycles. The molecule has 228 valence electrons. The predicted molar refractivity (Wildman–Crippen MR) is 167 cm³/mol. The molecule has 1 rings (SSSR count).